The molecule has 5 heterocycles. The maximum Gasteiger partial charge on any atom is 0.410 e. The van der Waals surface area contributed by atoms with Gasteiger partial charge in [0.25, 0.3) is 0 Å². The van der Waals surface area contributed by atoms with Gasteiger partial charge in [-0.05, 0) is 42.7 Å². The van der Waals surface area contributed by atoms with Crippen molar-refractivity contribution >= 4 is 34.3 Å². The first-order valence-corrected chi connectivity index (χ1v) is 16.8. The molecule has 0 unspecified atom stereocenters. The average molecular weight is 695 g/mol. The number of fused-ring (bicyclic) bond motifs is 1. The van der Waals surface area contributed by atoms with Crippen LogP contribution in [-0.4, -0.2) is 81.4 Å². The summed E-state index contributed by atoms with van der Waals surface area (Å²) in [6, 6.07) is 21.8. The molecule has 2 aliphatic heterocycles. The number of hydrogen-bond donors (Lipinski definition) is 3. The van der Waals surface area contributed by atoms with Crippen LogP contribution < -0.4 is 10.6 Å². The van der Waals surface area contributed by atoms with Crippen LogP contribution in [0.1, 0.15) is 29.7 Å². The van der Waals surface area contributed by atoms with Crippen LogP contribution in [-0.2, 0) is 33.8 Å². The number of nitriles is 1. The third-order valence-corrected chi connectivity index (χ3v) is 8.38. The average Bonchev–Trinajstić information content (AvgIpc) is 3.66. The highest BCUT2D eigenvalue weighted by Gasteiger charge is 2.25. The molecule has 3 N–H and O–H groups in total. The molecule has 2 fully saturated rings. The Bertz CT molecular complexity index is 1940. The lowest BCUT2D eigenvalue weighted by molar-refractivity contribution is -0.0334. The van der Waals surface area contributed by atoms with Gasteiger partial charge in [0.1, 0.15) is 24.1 Å². The first-order chi connectivity index (χ1) is 25.0. The Balaban J connectivity index is 0.000000677. The van der Waals surface area contributed by atoms with E-state index in [0.717, 1.165) is 42.9 Å². The summed E-state index contributed by atoms with van der Waals surface area (Å²) in [5, 5.41) is 30.1. The van der Waals surface area contributed by atoms with Crippen LogP contribution >= 0.6 is 0 Å². The number of aliphatic hydroxyl groups is 1. The van der Waals surface area contributed by atoms with E-state index in [4.69, 9.17) is 19.2 Å². The van der Waals surface area contributed by atoms with Gasteiger partial charge < -0.3 is 34.9 Å². The number of carbonyl (C=O) groups excluding carboxylic acids is 1. The van der Waals surface area contributed by atoms with Crippen molar-refractivity contribution in [3.8, 4) is 11.8 Å². The van der Waals surface area contributed by atoms with Crippen LogP contribution in [0.3, 0.4) is 0 Å². The van der Waals surface area contributed by atoms with Gasteiger partial charge in [-0.1, -0.05) is 30.3 Å². The highest BCUT2D eigenvalue weighted by atomic mass is 19.1. The third-order valence-electron chi connectivity index (χ3n) is 8.38. The van der Waals surface area contributed by atoms with Gasteiger partial charge in [0, 0.05) is 54.6 Å². The van der Waals surface area contributed by atoms with Crippen LogP contribution in [0.5, 0.6) is 0 Å². The lowest BCUT2D eigenvalue weighted by atomic mass is 10.0. The molecule has 0 aliphatic carbocycles. The Morgan fingerprint density at radius 1 is 1.04 bits per heavy atom. The van der Waals surface area contributed by atoms with Crippen molar-refractivity contribution in [1.29, 1.82) is 5.26 Å². The number of nitrogens with one attached hydrogen (secondary N) is 2. The third kappa shape index (κ3) is 9.55. The number of nitrogens with zero attached hydrogens (tertiary/aromatic N) is 6. The second-order valence-electron chi connectivity index (χ2n) is 12.0. The lowest BCUT2D eigenvalue weighted by Gasteiger charge is -2.32. The van der Waals surface area contributed by atoms with Gasteiger partial charge in [-0.2, -0.15) is 10.4 Å². The topological polar surface area (TPSA) is 160 Å². The first-order valence-electron chi connectivity index (χ1n) is 16.8. The standard InChI is InChI=1S/C33H31FN8O3.C4H8O2/c34-28-17-27(42-15-11-26(20-43)40-42)6-7-29(28)38-31-18-30-24(19-36-31)16-23(8-12-35)32(39-30)37-25-9-13-41(14-10-25)33(44)45-21-22-4-2-1-3-5-22;1-2-6-4-3-5-1/h1-7,11,15-19,25,43H,8-10,13-14,20-21H2,(H,36,38)(H,37,39);1-4H2. The summed E-state index contributed by atoms with van der Waals surface area (Å²) in [4.78, 5) is 23.5. The molecular weight excluding hydrogens is 655 g/mol. The fourth-order valence-electron chi connectivity index (χ4n) is 5.65. The van der Waals surface area contributed by atoms with E-state index in [1.807, 2.05) is 36.4 Å². The van der Waals surface area contributed by atoms with E-state index in [1.54, 1.807) is 41.6 Å². The Hall–Kier alpha value is -5.62. The summed E-state index contributed by atoms with van der Waals surface area (Å²) < 4.78 is 31.9. The van der Waals surface area contributed by atoms with E-state index in [9.17, 15) is 15.2 Å². The summed E-state index contributed by atoms with van der Waals surface area (Å²) >= 11 is 0. The fourth-order valence-corrected chi connectivity index (χ4v) is 5.65. The number of aromatic nitrogens is 4. The Labute approximate surface area is 294 Å². The van der Waals surface area contributed by atoms with Gasteiger partial charge in [-0.3, -0.25) is 0 Å². The number of ether oxygens (including phenoxy) is 3. The zero-order valence-corrected chi connectivity index (χ0v) is 28.0. The molecule has 5 aromatic rings. The maximum absolute atomic E-state index is 15.0. The smallest absolute Gasteiger partial charge is 0.410 e. The van der Waals surface area contributed by atoms with E-state index in [1.165, 1.54) is 10.7 Å². The van der Waals surface area contributed by atoms with Crippen molar-refractivity contribution in [3.05, 3.63) is 102 Å². The van der Waals surface area contributed by atoms with Crippen molar-refractivity contribution in [2.24, 2.45) is 0 Å². The summed E-state index contributed by atoms with van der Waals surface area (Å²) in [5.74, 6) is 0.512. The zero-order chi connectivity index (χ0) is 35.4. The van der Waals surface area contributed by atoms with Crippen molar-refractivity contribution < 1.29 is 28.5 Å². The van der Waals surface area contributed by atoms with Crippen molar-refractivity contribution in [2.75, 3.05) is 50.2 Å². The molecule has 7 rings (SSSR count). The molecule has 0 atom stereocenters. The van der Waals surface area contributed by atoms with Crippen LogP contribution in [0, 0.1) is 17.1 Å². The maximum atomic E-state index is 15.0. The molecule has 264 valence electrons. The number of likely N-dealkylation sites (tertiary alicyclic amines) is 1. The van der Waals surface area contributed by atoms with Crippen LogP contribution in [0.2, 0.25) is 0 Å². The minimum atomic E-state index is -0.495. The van der Waals surface area contributed by atoms with Crippen LogP contribution in [0.4, 0.5) is 26.5 Å². The molecule has 0 bridgehead atoms. The van der Waals surface area contributed by atoms with Gasteiger partial charge >= 0.3 is 6.09 Å². The van der Waals surface area contributed by atoms with Gasteiger partial charge in [0.05, 0.1) is 68.1 Å². The number of piperidine rings is 1. The van der Waals surface area contributed by atoms with Gasteiger partial charge in [0.2, 0.25) is 0 Å². The lowest BCUT2D eigenvalue weighted by Crippen LogP contribution is -2.42. The second-order valence-corrected chi connectivity index (χ2v) is 12.0. The Morgan fingerprint density at radius 2 is 1.80 bits per heavy atom. The van der Waals surface area contributed by atoms with E-state index >= 15 is 4.39 Å². The Kier molecular flexibility index (Phi) is 12.0. The number of carbonyl (C=O) groups is 1. The molecule has 2 aliphatic rings. The van der Waals surface area contributed by atoms with Crippen LogP contribution in [0.25, 0.3) is 16.6 Å². The minimum Gasteiger partial charge on any atom is -0.445 e. The summed E-state index contributed by atoms with van der Waals surface area (Å²) in [7, 11) is 0. The molecule has 0 radical (unpaired) electrons. The highest BCUT2D eigenvalue weighted by molar-refractivity contribution is 5.84. The predicted octanol–water partition coefficient (Wildman–Crippen LogP) is 5.50. The number of halogens is 1. The van der Waals surface area contributed by atoms with Crippen molar-refractivity contribution in [2.45, 2.75) is 38.5 Å². The normalized spacial score (nSPS) is 14.6. The molecule has 2 aromatic carbocycles. The highest BCUT2D eigenvalue weighted by Crippen LogP contribution is 2.27. The molecule has 1 amide bonds. The molecule has 0 saturated carbocycles. The molecule has 13 nitrogen and oxygen atoms in total. The number of amides is 1. The van der Waals surface area contributed by atoms with E-state index in [0.29, 0.717) is 54.5 Å². The van der Waals surface area contributed by atoms with Crippen LogP contribution in [0.15, 0.2) is 79.1 Å². The summed E-state index contributed by atoms with van der Waals surface area (Å²) in [6.07, 6.45) is 4.53. The number of benzene rings is 2. The number of hydrogen-bond acceptors (Lipinski definition) is 11. The monoisotopic (exact) mass is 694 g/mol. The fraction of sp³-hybridized carbons (Fsp3) is 0.324. The minimum absolute atomic E-state index is 0.0563. The van der Waals surface area contributed by atoms with Gasteiger partial charge in [0.15, 0.2) is 0 Å². The van der Waals surface area contributed by atoms with Crippen molar-refractivity contribution in [1.82, 2.24) is 24.6 Å². The number of pyridine rings is 2. The first kappa shape index (κ1) is 35.2. The predicted molar refractivity (Wildman–Crippen MR) is 188 cm³/mol. The number of rotatable bonds is 9. The summed E-state index contributed by atoms with van der Waals surface area (Å²) in [6.45, 7) is 4.23. The molecular formula is C37H39FN8O5. The zero-order valence-electron chi connectivity index (χ0n) is 28.0. The van der Waals surface area contributed by atoms with Gasteiger partial charge in [-0.25, -0.2) is 23.8 Å². The SMILES string of the molecule is C1COCCO1.N#CCc1cc2cnc(Nc3ccc(-n4ccc(CO)n4)cc3F)cc2nc1NC1CCN(C(=O)OCc2ccccc2)CC1. The molecule has 51 heavy (non-hydrogen) atoms. The largest absolute Gasteiger partial charge is 0.445 e. The number of anilines is 3. The molecule has 2 saturated heterocycles. The van der Waals surface area contributed by atoms with E-state index < -0.39 is 5.82 Å². The van der Waals surface area contributed by atoms with E-state index in [-0.39, 0.29) is 37.5 Å². The summed E-state index contributed by atoms with van der Waals surface area (Å²) in [5.41, 5.74) is 3.55. The molecule has 0 spiro atoms. The quantitative estimate of drug-likeness (QED) is 0.179. The number of aliphatic hydroxyl groups excluding tert-OH is 1. The Morgan fingerprint density at radius 3 is 2.47 bits per heavy atom. The molecule has 3 aromatic heterocycles. The van der Waals surface area contributed by atoms with E-state index in [2.05, 4.69) is 26.8 Å². The molecule has 14 heteroatoms. The second kappa shape index (κ2) is 17.3. The van der Waals surface area contributed by atoms with Crippen molar-refractivity contribution in [3.63, 3.8) is 0 Å². The van der Waals surface area contributed by atoms with Gasteiger partial charge in [-0.15, -0.1) is 0 Å².